The molecule has 2 aromatic carbocycles. The zero-order chi connectivity index (χ0) is 15.0. The fourth-order valence-corrected chi connectivity index (χ4v) is 1.84. The SMILES string of the molecule is Cc1cc(F)c(C(O)c2c(F)cc(F)cc2F)cc1F. The molecule has 0 spiro atoms. The molecule has 1 N–H and O–H groups in total. The molecule has 0 aliphatic heterocycles. The molecule has 0 heterocycles. The standard InChI is InChI=1S/C14H9F5O/c1-6-2-10(17)8(5-9(6)16)14(20)13-11(18)3-7(15)4-12(13)19/h2-5,14,20H,1H3. The van der Waals surface area contributed by atoms with Gasteiger partial charge in [-0.3, -0.25) is 0 Å². The second-order valence-corrected chi connectivity index (χ2v) is 4.31. The molecule has 1 atom stereocenters. The van der Waals surface area contributed by atoms with Gasteiger partial charge in [0.1, 0.15) is 35.2 Å². The van der Waals surface area contributed by atoms with Crippen LogP contribution in [-0.4, -0.2) is 5.11 Å². The maximum absolute atomic E-state index is 13.7. The molecule has 0 amide bonds. The van der Waals surface area contributed by atoms with Crippen molar-refractivity contribution in [3.8, 4) is 0 Å². The van der Waals surface area contributed by atoms with Crippen molar-refractivity contribution in [1.29, 1.82) is 0 Å². The molecule has 0 aromatic heterocycles. The smallest absolute Gasteiger partial charge is 0.135 e. The summed E-state index contributed by atoms with van der Waals surface area (Å²) in [6, 6.07) is 2.15. The summed E-state index contributed by atoms with van der Waals surface area (Å²) in [4.78, 5) is 0. The number of aryl methyl sites for hydroxylation is 1. The van der Waals surface area contributed by atoms with E-state index in [1.165, 1.54) is 6.92 Å². The van der Waals surface area contributed by atoms with Gasteiger partial charge in [-0.2, -0.15) is 0 Å². The van der Waals surface area contributed by atoms with Gasteiger partial charge in [0.25, 0.3) is 0 Å². The highest BCUT2D eigenvalue weighted by Crippen LogP contribution is 2.30. The van der Waals surface area contributed by atoms with Gasteiger partial charge in [0.15, 0.2) is 0 Å². The minimum absolute atomic E-state index is 0.0153. The van der Waals surface area contributed by atoms with Crippen LogP contribution in [0.25, 0.3) is 0 Å². The molecular formula is C14H9F5O. The zero-order valence-electron chi connectivity index (χ0n) is 10.2. The van der Waals surface area contributed by atoms with Crippen molar-refractivity contribution in [1.82, 2.24) is 0 Å². The molecule has 0 radical (unpaired) electrons. The van der Waals surface area contributed by atoms with E-state index in [4.69, 9.17) is 0 Å². The third-order valence-corrected chi connectivity index (χ3v) is 2.89. The number of hydrogen-bond acceptors (Lipinski definition) is 1. The lowest BCUT2D eigenvalue weighted by Gasteiger charge is -2.15. The number of aliphatic hydroxyl groups excluding tert-OH is 1. The molecule has 20 heavy (non-hydrogen) atoms. The monoisotopic (exact) mass is 288 g/mol. The van der Waals surface area contributed by atoms with Gasteiger partial charge in [-0.25, -0.2) is 22.0 Å². The first-order chi connectivity index (χ1) is 9.31. The summed E-state index contributed by atoms with van der Waals surface area (Å²) < 4.78 is 66.8. The Hall–Kier alpha value is -1.95. The van der Waals surface area contributed by atoms with Gasteiger partial charge in [0, 0.05) is 17.7 Å². The Labute approximate surface area is 111 Å². The molecule has 0 saturated carbocycles. The molecule has 0 aliphatic rings. The van der Waals surface area contributed by atoms with E-state index in [0.29, 0.717) is 18.2 Å². The zero-order valence-corrected chi connectivity index (χ0v) is 10.2. The molecular weight excluding hydrogens is 279 g/mol. The highest BCUT2D eigenvalue weighted by molar-refractivity contribution is 5.35. The first-order valence-electron chi connectivity index (χ1n) is 5.59. The fourth-order valence-electron chi connectivity index (χ4n) is 1.84. The molecule has 0 bridgehead atoms. The van der Waals surface area contributed by atoms with E-state index in [-0.39, 0.29) is 5.56 Å². The molecule has 6 heteroatoms. The highest BCUT2D eigenvalue weighted by Gasteiger charge is 2.24. The van der Waals surface area contributed by atoms with Crippen molar-refractivity contribution >= 4 is 0 Å². The summed E-state index contributed by atoms with van der Waals surface area (Å²) in [6.07, 6.45) is -2.08. The number of hydrogen-bond donors (Lipinski definition) is 1. The van der Waals surface area contributed by atoms with Crippen molar-refractivity contribution in [3.63, 3.8) is 0 Å². The summed E-state index contributed by atoms with van der Waals surface area (Å²) in [5, 5.41) is 9.83. The molecule has 0 fully saturated rings. The van der Waals surface area contributed by atoms with Crippen LogP contribution >= 0.6 is 0 Å². The Morgan fingerprint density at radius 1 is 0.800 bits per heavy atom. The van der Waals surface area contributed by atoms with E-state index >= 15 is 0 Å². The van der Waals surface area contributed by atoms with Gasteiger partial charge in [0.05, 0.1) is 5.56 Å². The maximum Gasteiger partial charge on any atom is 0.135 e. The van der Waals surface area contributed by atoms with Crippen LogP contribution in [-0.2, 0) is 0 Å². The lowest BCUT2D eigenvalue weighted by molar-refractivity contribution is 0.203. The summed E-state index contributed by atoms with van der Waals surface area (Å²) >= 11 is 0. The Kier molecular flexibility index (Phi) is 3.76. The number of rotatable bonds is 2. The minimum atomic E-state index is -2.08. The topological polar surface area (TPSA) is 20.2 Å². The normalized spacial score (nSPS) is 12.6. The van der Waals surface area contributed by atoms with Crippen molar-refractivity contribution in [3.05, 3.63) is 70.0 Å². The fraction of sp³-hybridized carbons (Fsp3) is 0.143. The van der Waals surface area contributed by atoms with Gasteiger partial charge < -0.3 is 5.11 Å². The number of benzene rings is 2. The van der Waals surface area contributed by atoms with E-state index in [0.717, 1.165) is 6.07 Å². The first-order valence-corrected chi connectivity index (χ1v) is 5.59. The second kappa shape index (κ2) is 5.20. The van der Waals surface area contributed by atoms with Crippen molar-refractivity contribution in [2.45, 2.75) is 13.0 Å². The molecule has 2 aromatic rings. The van der Waals surface area contributed by atoms with Crippen LogP contribution in [0.2, 0.25) is 0 Å². The van der Waals surface area contributed by atoms with E-state index in [1.807, 2.05) is 0 Å². The average molecular weight is 288 g/mol. The minimum Gasteiger partial charge on any atom is -0.383 e. The highest BCUT2D eigenvalue weighted by atomic mass is 19.2. The van der Waals surface area contributed by atoms with Crippen LogP contribution in [0.1, 0.15) is 22.8 Å². The third kappa shape index (κ3) is 2.51. The van der Waals surface area contributed by atoms with Crippen LogP contribution in [0.4, 0.5) is 22.0 Å². The van der Waals surface area contributed by atoms with Gasteiger partial charge in [-0.15, -0.1) is 0 Å². The summed E-state index contributed by atoms with van der Waals surface area (Å²) in [6.45, 7) is 1.30. The van der Waals surface area contributed by atoms with E-state index in [9.17, 15) is 27.1 Å². The van der Waals surface area contributed by atoms with Gasteiger partial charge in [-0.1, -0.05) is 0 Å². The van der Waals surface area contributed by atoms with E-state index < -0.39 is 46.3 Å². The molecule has 0 aliphatic carbocycles. The van der Waals surface area contributed by atoms with E-state index in [2.05, 4.69) is 0 Å². The second-order valence-electron chi connectivity index (χ2n) is 4.31. The Balaban J connectivity index is 2.57. The predicted octanol–water partition coefficient (Wildman–Crippen LogP) is 3.77. The van der Waals surface area contributed by atoms with Crippen LogP contribution in [0.15, 0.2) is 24.3 Å². The summed E-state index contributed by atoms with van der Waals surface area (Å²) in [7, 11) is 0. The van der Waals surface area contributed by atoms with Crippen molar-refractivity contribution in [2.75, 3.05) is 0 Å². The third-order valence-electron chi connectivity index (χ3n) is 2.89. The van der Waals surface area contributed by atoms with E-state index in [1.54, 1.807) is 0 Å². The summed E-state index contributed by atoms with van der Waals surface area (Å²) in [5.74, 6) is -5.78. The molecule has 1 unspecified atom stereocenters. The van der Waals surface area contributed by atoms with Crippen LogP contribution in [0.3, 0.4) is 0 Å². The van der Waals surface area contributed by atoms with Gasteiger partial charge in [0.2, 0.25) is 0 Å². The Morgan fingerprint density at radius 2 is 1.35 bits per heavy atom. The largest absolute Gasteiger partial charge is 0.383 e. The molecule has 2 rings (SSSR count). The van der Waals surface area contributed by atoms with Crippen molar-refractivity contribution in [2.24, 2.45) is 0 Å². The number of halogens is 5. The lowest BCUT2D eigenvalue weighted by atomic mass is 9.98. The summed E-state index contributed by atoms with van der Waals surface area (Å²) in [5.41, 5.74) is -1.58. The van der Waals surface area contributed by atoms with Gasteiger partial charge in [-0.05, 0) is 24.6 Å². The first kappa shape index (κ1) is 14.5. The molecule has 0 saturated heterocycles. The molecule has 1 nitrogen and oxygen atoms in total. The Morgan fingerprint density at radius 3 is 1.90 bits per heavy atom. The predicted molar refractivity (Wildman–Crippen MR) is 61.5 cm³/mol. The van der Waals surface area contributed by atoms with Crippen LogP contribution in [0, 0.1) is 36.0 Å². The molecule has 106 valence electrons. The number of aliphatic hydroxyl groups is 1. The van der Waals surface area contributed by atoms with Crippen molar-refractivity contribution < 1.29 is 27.1 Å². The van der Waals surface area contributed by atoms with Crippen LogP contribution < -0.4 is 0 Å². The lowest BCUT2D eigenvalue weighted by Crippen LogP contribution is -2.09. The van der Waals surface area contributed by atoms with Crippen LogP contribution in [0.5, 0.6) is 0 Å². The van der Waals surface area contributed by atoms with Gasteiger partial charge >= 0.3 is 0 Å². The average Bonchev–Trinajstić information content (AvgIpc) is 2.32. The maximum atomic E-state index is 13.7. The Bertz CT molecular complexity index is 646. The quantitative estimate of drug-likeness (QED) is 0.834.